The van der Waals surface area contributed by atoms with Gasteiger partial charge in [-0.05, 0) is 48.6 Å². The van der Waals surface area contributed by atoms with Gasteiger partial charge in [0.25, 0.3) is 0 Å². The molecule has 0 spiro atoms. The number of ether oxygens (including phenoxy) is 2. The molecule has 1 aromatic carbocycles. The maximum absolute atomic E-state index is 5.70. The number of hydrogen-bond donors (Lipinski definition) is 1. The van der Waals surface area contributed by atoms with Crippen molar-refractivity contribution in [3.63, 3.8) is 0 Å². The van der Waals surface area contributed by atoms with Crippen molar-refractivity contribution in [2.45, 2.75) is 19.8 Å². The van der Waals surface area contributed by atoms with E-state index < -0.39 is 0 Å². The Morgan fingerprint density at radius 2 is 1.79 bits per heavy atom. The first-order valence-electron chi connectivity index (χ1n) is 9.13. The van der Waals surface area contributed by atoms with Crippen molar-refractivity contribution in [2.24, 2.45) is 0 Å². The van der Waals surface area contributed by atoms with Crippen LogP contribution < -0.4 is 9.64 Å². The molecule has 1 unspecified atom stereocenters. The van der Waals surface area contributed by atoms with Crippen molar-refractivity contribution in [1.29, 1.82) is 0 Å². The lowest BCUT2D eigenvalue weighted by molar-refractivity contribution is -0.917. The summed E-state index contributed by atoms with van der Waals surface area (Å²) >= 11 is 5.70. The van der Waals surface area contributed by atoms with Crippen molar-refractivity contribution < 1.29 is 14.4 Å². The Morgan fingerprint density at radius 1 is 1.07 bits per heavy atom. The highest BCUT2D eigenvalue weighted by Crippen LogP contribution is 2.17. The van der Waals surface area contributed by atoms with Gasteiger partial charge in [-0.1, -0.05) is 0 Å². The highest BCUT2D eigenvalue weighted by atomic mass is 32.1. The molecule has 1 N–H and O–H groups in total. The van der Waals surface area contributed by atoms with Gasteiger partial charge in [0.2, 0.25) is 4.77 Å². The van der Waals surface area contributed by atoms with Crippen LogP contribution in [0.4, 0.5) is 0 Å². The minimum atomic E-state index is 0.576. The van der Waals surface area contributed by atoms with E-state index in [2.05, 4.69) is 24.2 Å². The first-order valence-corrected chi connectivity index (χ1v) is 9.54. The SMILES string of the molecule is COCCn1c(-c2ccncc2)nn(C[NH+](C)Cc2ccc(OC)cc2)c1=S. The van der Waals surface area contributed by atoms with E-state index in [-0.39, 0.29) is 0 Å². The fourth-order valence-electron chi connectivity index (χ4n) is 3.05. The molecule has 8 heteroatoms. The zero-order valence-corrected chi connectivity index (χ0v) is 17.3. The van der Waals surface area contributed by atoms with Crippen LogP contribution in [0.15, 0.2) is 48.8 Å². The van der Waals surface area contributed by atoms with E-state index >= 15 is 0 Å². The number of pyridine rings is 1. The highest BCUT2D eigenvalue weighted by Gasteiger charge is 2.15. The van der Waals surface area contributed by atoms with Crippen molar-refractivity contribution >= 4 is 12.2 Å². The Kier molecular flexibility index (Phi) is 6.91. The van der Waals surface area contributed by atoms with Gasteiger partial charge in [0.05, 0.1) is 27.3 Å². The Hall–Kier alpha value is -2.55. The summed E-state index contributed by atoms with van der Waals surface area (Å²) < 4.78 is 15.1. The molecule has 7 nitrogen and oxygen atoms in total. The number of rotatable bonds is 9. The second-order valence-electron chi connectivity index (χ2n) is 6.63. The van der Waals surface area contributed by atoms with Gasteiger partial charge < -0.3 is 14.4 Å². The van der Waals surface area contributed by atoms with Crippen LogP contribution in [0.25, 0.3) is 11.4 Å². The number of nitrogens with one attached hydrogen (secondary N) is 1. The van der Waals surface area contributed by atoms with E-state index in [0.29, 0.717) is 24.6 Å². The normalized spacial score (nSPS) is 12.1. The van der Waals surface area contributed by atoms with Gasteiger partial charge >= 0.3 is 0 Å². The molecule has 0 bridgehead atoms. The lowest BCUT2D eigenvalue weighted by Crippen LogP contribution is -3.07. The molecule has 3 aromatic rings. The Bertz CT molecular complexity index is 937. The molecule has 3 rings (SSSR count). The van der Waals surface area contributed by atoms with Crippen LogP contribution in [0.3, 0.4) is 0 Å². The van der Waals surface area contributed by atoms with E-state index in [1.54, 1.807) is 26.6 Å². The van der Waals surface area contributed by atoms with Crippen LogP contribution >= 0.6 is 12.2 Å². The van der Waals surface area contributed by atoms with E-state index in [0.717, 1.165) is 23.7 Å². The third-order valence-electron chi connectivity index (χ3n) is 4.46. The second-order valence-corrected chi connectivity index (χ2v) is 6.99. The Balaban J connectivity index is 1.80. The smallest absolute Gasteiger partial charge is 0.203 e. The summed E-state index contributed by atoms with van der Waals surface area (Å²) in [5, 5.41) is 4.79. The van der Waals surface area contributed by atoms with Crippen molar-refractivity contribution in [3.05, 3.63) is 59.1 Å². The van der Waals surface area contributed by atoms with E-state index in [4.69, 9.17) is 26.8 Å². The number of nitrogens with zero attached hydrogens (tertiary/aromatic N) is 4. The number of quaternary nitrogens is 1. The molecule has 2 heterocycles. The van der Waals surface area contributed by atoms with Gasteiger partial charge in [-0.15, -0.1) is 5.10 Å². The molecule has 0 saturated carbocycles. The Labute approximate surface area is 170 Å². The molecule has 148 valence electrons. The summed E-state index contributed by atoms with van der Waals surface area (Å²) in [7, 11) is 5.49. The van der Waals surface area contributed by atoms with Crippen molar-refractivity contribution in [1.82, 2.24) is 19.3 Å². The van der Waals surface area contributed by atoms with Crippen molar-refractivity contribution in [2.75, 3.05) is 27.9 Å². The topological polar surface area (TPSA) is 58.5 Å². The molecule has 0 fully saturated rings. The van der Waals surface area contributed by atoms with Gasteiger partial charge in [0.1, 0.15) is 12.3 Å². The number of hydrogen-bond acceptors (Lipinski definition) is 5. The first kappa shape index (κ1) is 20.2. The molecule has 0 saturated heterocycles. The van der Waals surface area contributed by atoms with E-state index in [9.17, 15) is 0 Å². The molecule has 0 radical (unpaired) electrons. The molecular formula is C20H26N5O2S+. The largest absolute Gasteiger partial charge is 0.497 e. The molecule has 0 aliphatic carbocycles. The molecule has 1 atom stereocenters. The van der Waals surface area contributed by atoms with Gasteiger partial charge in [-0.25, -0.2) is 0 Å². The highest BCUT2D eigenvalue weighted by molar-refractivity contribution is 7.71. The standard InChI is InChI=1S/C20H25N5O2S/c1-23(14-16-4-6-18(27-3)7-5-16)15-25-20(28)24(12-13-26-2)19(22-25)17-8-10-21-11-9-17/h4-11H,12-15H2,1-3H3/p+1. The van der Waals surface area contributed by atoms with Gasteiger partial charge in [0.15, 0.2) is 12.5 Å². The fourth-order valence-corrected chi connectivity index (χ4v) is 3.33. The van der Waals surface area contributed by atoms with Gasteiger partial charge in [-0.3, -0.25) is 9.55 Å². The molecular weight excluding hydrogens is 374 g/mol. The minimum absolute atomic E-state index is 0.576. The summed E-state index contributed by atoms with van der Waals surface area (Å²) in [4.78, 5) is 5.37. The summed E-state index contributed by atoms with van der Waals surface area (Å²) in [6.07, 6.45) is 3.53. The minimum Gasteiger partial charge on any atom is -0.497 e. The predicted molar refractivity (Wildman–Crippen MR) is 110 cm³/mol. The van der Waals surface area contributed by atoms with E-state index in [1.165, 1.54) is 10.5 Å². The molecule has 28 heavy (non-hydrogen) atoms. The number of aromatic nitrogens is 4. The van der Waals surface area contributed by atoms with Crippen LogP contribution in [0, 0.1) is 4.77 Å². The van der Waals surface area contributed by atoms with Crippen molar-refractivity contribution in [3.8, 4) is 17.1 Å². The van der Waals surface area contributed by atoms with Crippen LogP contribution in [-0.2, 0) is 24.5 Å². The average Bonchev–Trinajstić information content (AvgIpc) is 3.03. The maximum atomic E-state index is 5.70. The number of methoxy groups -OCH3 is 2. The zero-order valence-electron chi connectivity index (χ0n) is 16.5. The molecule has 2 aromatic heterocycles. The van der Waals surface area contributed by atoms with Gasteiger partial charge in [0, 0.05) is 30.6 Å². The summed E-state index contributed by atoms with van der Waals surface area (Å²) in [5.74, 6) is 1.70. The maximum Gasteiger partial charge on any atom is 0.203 e. The predicted octanol–water partition coefficient (Wildman–Crippen LogP) is 1.80. The van der Waals surface area contributed by atoms with Crippen LogP contribution in [0.1, 0.15) is 5.56 Å². The van der Waals surface area contributed by atoms with Crippen LogP contribution in [-0.4, -0.2) is 47.2 Å². The quantitative estimate of drug-likeness (QED) is 0.555. The fraction of sp³-hybridized carbons (Fsp3) is 0.350. The van der Waals surface area contributed by atoms with Crippen LogP contribution in [0.2, 0.25) is 0 Å². The van der Waals surface area contributed by atoms with Gasteiger partial charge in [-0.2, -0.15) is 4.68 Å². The molecule has 0 aliphatic rings. The average molecular weight is 401 g/mol. The third kappa shape index (κ3) is 4.83. The third-order valence-corrected chi connectivity index (χ3v) is 4.90. The summed E-state index contributed by atoms with van der Waals surface area (Å²) in [6.45, 7) is 2.77. The summed E-state index contributed by atoms with van der Waals surface area (Å²) in [6, 6.07) is 12.0. The van der Waals surface area contributed by atoms with E-state index in [1.807, 2.05) is 33.5 Å². The molecule has 0 amide bonds. The number of benzene rings is 1. The lowest BCUT2D eigenvalue weighted by Gasteiger charge is -2.14. The lowest BCUT2D eigenvalue weighted by atomic mass is 10.2. The first-order chi connectivity index (χ1) is 13.6. The Morgan fingerprint density at radius 3 is 2.43 bits per heavy atom. The zero-order chi connectivity index (χ0) is 19.9. The van der Waals surface area contributed by atoms with Crippen LogP contribution in [0.5, 0.6) is 5.75 Å². The monoisotopic (exact) mass is 400 g/mol. The summed E-state index contributed by atoms with van der Waals surface area (Å²) in [5.41, 5.74) is 2.22. The second kappa shape index (κ2) is 9.59. The molecule has 0 aliphatic heterocycles.